The average molecular weight is 338 g/mol. The van der Waals surface area contributed by atoms with E-state index in [2.05, 4.69) is 9.71 Å². The second-order valence-corrected chi connectivity index (χ2v) is 7.20. The molecule has 1 aliphatic rings. The molecule has 2 aromatic heterocycles. The van der Waals surface area contributed by atoms with E-state index in [0.717, 1.165) is 12.8 Å². The van der Waals surface area contributed by atoms with Gasteiger partial charge in [-0.1, -0.05) is 0 Å². The van der Waals surface area contributed by atoms with Gasteiger partial charge in [0.1, 0.15) is 0 Å². The highest BCUT2D eigenvalue weighted by Crippen LogP contribution is 2.23. The molecule has 1 saturated heterocycles. The number of nitrogens with one attached hydrogen (secondary N) is 1. The molecule has 3 heterocycles. The van der Waals surface area contributed by atoms with Crippen molar-refractivity contribution in [3.63, 3.8) is 0 Å². The van der Waals surface area contributed by atoms with Crippen LogP contribution in [0.5, 0.6) is 0 Å². The van der Waals surface area contributed by atoms with Gasteiger partial charge in [-0.05, 0) is 32.0 Å². The number of sulfonamides is 1. The number of hydrogen-bond acceptors (Lipinski definition) is 5. The minimum Gasteiger partial charge on any atom is -0.438 e. The lowest BCUT2D eigenvalue weighted by Crippen LogP contribution is -2.40. The molecule has 0 saturated carbocycles. The first kappa shape index (κ1) is 15.8. The molecule has 2 aromatic rings. The molecule has 0 spiro atoms. The zero-order valence-electron chi connectivity index (χ0n) is 12.7. The van der Waals surface area contributed by atoms with E-state index in [4.69, 9.17) is 4.42 Å². The molecule has 8 nitrogen and oxygen atoms in total. The topological polar surface area (TPSA) is 97.4 Å². The molecule has 0 aromatic carbocycles. The van der Waals surface area contributed by atoms with Gasteiger partial charge >= 0.3 is 0 Å². The van der Waals surface area contributed by atoms with Crippen LogP contribution in [-0.2, 0) is 10.0 Å². The summed E-state index contributed by atoms with van der Waals surface area (Å²) in [5.74, 6) is -0.266. The quantitative estimate of drug-likeness (QED) is 0.892. The average Bonchev–Trinajstić information content (AvgIpc) is 3.26. The molecule has 0 bridgehead atoms. The molecule has 1 amide bonds. The Morgan fingerprint density at radius 1 is 1.43 bits per heavy atom. The maximum absolute atomic E-state index is 12.5. The molecular formula is C14H18N4O4S. The molecular weight excluding hydrogens is 320 g/mol. The maximum Gasteiger partial charge on any atom is 0.289 e. The highest BCUT2D eigenvalue weighted by Gasteiger charge is 2.28. The Balaban J connectivity index is 1.75. The Hall–Kier alpha value is -2.13. The molecule has 0 aliphatic carbocycles. The van der Waals surface area contributed by atoms with Crippen molar-refractivity contribution in [2.24, 2.45) is 0 Å². The van der Waals surface area contributed by atoms with Gasteiger partial charge in [0, 0.05) is 25.5 Å². The van der Waals surface area contributed by atoms with Crippen LogP contribution in [-0.4, -0.2) is 48.9 Å². The summed E-state index contributed by atoms with van der Waals surface area (Å²) >= 11 is 0. The largest absolute Gasteiger partial charge is 0.438 e. The zero-order chi connectivity index (χ0) is 16.4. The van der Waals surface area contributed by atoms with Crippen molar-refractivity contribution in [2.45, 2.75) is 24.0 Å². The Labute approximate surface area is 134 Å². The molecule has 0 unspecified atom stereocenters. The van der Waals surface area contributed by atoms with Crippen molar-refractivity contribution in [1.82, 2.24) is 19.2 Å². The van der Waals surface area contributed by atoms with Crippen LogP contribution in [0.3, 0.4) is 0 Å². The number of furan rings is 1. The Morgan fingerprint density at radius 2 is 2.26 bits per heavy atom. The van der Waals surface area contributed by atoms with E-state index in [-0.39, 0.29) is 22.8 Å². The fourth-order valence-electron chi connectivity index (χ4n) is 2.70. The van der Waals surface area contributed by atoms with E-state index in [9.17, 15) is 13.2 Å². The standard InChI is InChI=1S/C14H18N4O4S/c1-15-23(20,21)13-5-4-12(22-13)14(19)17-7-2-3-11(9-17)18-8-6-16-10-18/h4-6,8,10-11,15H,2-3,7,9H2,1H3/t11-/m0/s1. The number of carbonyl (C=O) groups is 1. The fourth-order valence-corrected chi connectivity index (χ4v) is 3.35. The number of rotatable bonds is 4. The van der Waals surface area contributed by atoms with Gasteiger partial charge < -0.3 is 13.9 Å². The summed E-state index contributed by atoms with van der Waals surface area (Å²) < 4.78 is 32.7. The third kappa shape index (κ3) is 3.15. The number of aromatic nitrogens is 2. The number of nitrogens with zero attached hydrogens (tertiary/aromatic N) is 3. The van der Waals surface area contributed by atoms with E-state index < -0.39 is 10.0 Å². The molecule has 1 atom stereocenters. The molecule has 1 fully saturated rings. The van der Waals surface area contributed by atoms with Gasteiger partial charge in [0.05, 0.1) is 12.4 Å². The zero-order valence-corrected chi connectivity index (χ0v) is 13.5. The highest BCUT2D eigenvalue weighted by molar-refractivity contribution is 7.89. The monoisotopic (exact) mass is 338 g/mol. The van der Waals surface area contributed by atoms with Gasteiger partial charge in [-0.2, -0.15) is 0 Å². The molecule has 3 rings (SSSR count). The molecule has 1 aliphatic heterocycles. The lowest BCUT2D eigenvalue weighted by Gasteiger charge is -2.32. The van der Waals surface area contributed by atoms with Crippen LogP contribution in [0.15, 0.2) is 40.4 Å². The maximum atomic E-state index is 12.5. The summed E-state index contributed by atoms with van der Waals surface area (Å²) in [7, 11) is -2.40. The van der Waals surface area contributed by atoms with Crippen molar-refractivity contribution in [3.8, 4) is 0 Å². The second-order valence-electron chi connectivity index (χ2n) is 5.38. The number of carbonyl (C=O) groups excluding carboxylic acids is 1. The third-order valence-electron chi connectivity index (χ3n) is 3.96. The van der Waals surface area contributed by atoms with Crippen molar-refractivity contribution < 1.29 is 17.6 Å². The number of amides is 1. The number of piperidine rings is 1. The lowest BCUT2D eigenvalue weighted by atomic mass is 10.1. The van der Waals surface area contributed by atoms with Crippen LogP contribution in [0.2, 0.25) is 0 Å². The summed E-state index contributed by atoms with van der Waals surface area (Å²) in [5, 5.41) is -0.258. The number of imidazole rings is 1. The van der Waals surface area contributed by atoms with E-state index >= 15 is 0 Å². The molecule has 0 radical (unpaired) electrons. The summed E-state index contributed by atoms with van der Waals surface area (Å²) in [4.78, 5) is 18.3. The van der Waals surface area contributed by atoms with Crippen LogP contribution in [0.25, 0.3) is 0 Å². The summed E-state index contributed by atoms with van der Waals surface area (Å²) in [6, 6.07) is 2.86. The lowest BCUT2D eigenvalue weighted by molar-refractivity contribution is 0.0641. The van der Waals surface area contributed by atoms with E-state index in [1.165, 1.54) is 19.2 Å². The van der Waals surface area contributed by atoms with Crippen LogP contribution >= 0.6 is 0 Å². The first-order valence-electron chi connectivity index (χ1n) is 7.31. The number of likely N-dealkylation sites (tertiary alicyclic amines) is 1. The number of hydrogen-bond donors (Lipinski definition) is 1. The Bertz CT molecular complexity index is 782. The van der Waals surface area contributed by atoms with Crippen molar-refractivity contribution >= 4 is 15.9 Å². The van der Waals surface area contributed by atoms with Gasteiger partial charge in [-0.25, -0.2) is 18.1 Å². The first-order chi connectivity index (χ1) is 11.0. The van der Waals surface area contributed by atoms with E-state index in [0.29, 0.717) is 13.1 Å². The van der Waals surface area contributed by atoms with Gasteiger partial charge in [0.15, 0.2) is 5.76 Å². The predicted octanol–water partition coefficient (Wildman–Crippen LogP) is 0.861. The van der Waals surface area contributed by atoms with E-state index in [1.807, 2.05) is 10.8 Å². The van der Waals surface area contributed by atoms with Crippen LogP contribution in [0.1, 0.15) is 29.4 Å². The van der Waals surface area contributed by atoms with Crippen LogP contribution < -0.4 is 4.72 Å². The Morgan fingerprint density at radius 3 is 2.96 bits per heavy atom. The highest BCUT2D eigenvalue weighted by atomic mass is 32.2. The van der Waals surface area contributed by atoms with Gasteiger partial charge in [0.2, 0.25) is 5.09 Å². The minimum absolute atomic E-state index is 0.0325. The Kier molecular flexibility index (Phi) is 4.22. The summed E-state index contributed by atoms with van der Waals surface area (Å²) in [6.07, 6.45) is 7.17. The second kappa shape index (κ2) is 6.17. The normalized spacial score (nSPS) is 19.0. The van der Waals surface area contributed by atoms with Gasteiger partial charge in [-0.3, -0.25) is 4.79 Å². The van der Waals surface area contributed by atoms with Gasteiger partial charge in [-0.15, -0.1) is 0 Å². The molecule has 23 heavy (non-hydrogen) atoms. The minimum atomic E-state index is -3.69. The molecule has 124 valence electrons. The summed E-state index contributed by atoms with van der Waals surface area (Å²) in [5.41, 5.74) is 0. The first-order valence-corrected chi connectivity index (χ1v) is 8.79. The van der Waals surface area contributed by atoms with Crippen molar-refractivity contribution in [1.29, 1.82) is 0 Å². The molecule has 1 N–H and O–H groups in total. The molecule has 9 heteroatoms. The summed E-state index contributed by atoms with van der Waals surface area (Å²) in [6.45, 7) is 1.17. The van der Waals surface area contributed by atoms with E-state index in [1.54, 1.807) is 17.4 Å². The third-order valence-corrected chi connectivity index (χ3v) is 5.24. The predicted molar refractivity (Wildman–Crippen MR) is 81.4 cm³/mol. The fraction of sp³-hybridized carbons (Fsp3) is 0.429. The van der Waals surface area contributed by atoms with Crippen molar-refractivity contribution in [2.75, 3.05) is 20.1 Å². The van der Waals surface area contributed by atoms with Crippen molar-refractivity contribution in [3.05, 3.63) is 36.6 Å². The van der Waals surface area contributed by atoms with Gasteiger partial charge in [0.25, 0.3) is 15.9 Å². The van der Waals surface area contributed by atoms with Crippen LogP contribution in [0, 0.1) is 0 Å². The smallest absolute Gasteiger partial charge is 0.289 e. The SMILES string of the molecule is CNS(=O)(=O)c1ccc(C(=O)N2CCC[C@H](n3ccnc3)C2)o1. The van der Waals surface area contributed by atoms with Crippen LogP contribution in [0.4, 0.5) is 0 Å².